The molecule has 0 aromatic rings. The second-order valence-electron chi connectivity index (χ2n) is 7.84. The lowest BCUT2D eigenvalue weighted by atomic mass is 9.86. The number of hydrogen-bond acceptors (Lipinski definition) is 2. The summed E-state index contributed by atoms with van der Waals surface area (Å²) in [7, 11) is 0. The summed E-state index contributed by atoms with van der Waals surface area (Å²) in [5.74, 6) is 4.04. The maximum absolute atomic E-state index is 5.94. The van der Waals surface area contributed by atoms with Crippen molar-refractivity contribution in [2.24, 2.45) is 22.7 Å². The van der Waals surface area contributed by atoms with Crippen LogP contribution in [0.15, 0.2) is 4.99 Å². The average molecular weight is 305 g/mol. The second-order valence-corrected chi connectivity index (χ2v) is 7.84. The van der Waals surface area contributed by atoms with E-state index in [0.717, 1.165) is 43.2 Å². The third-order valence-corrected chi connectivity index (χ3v) is 6.43. The van der Waals surface area contributed by atoms with Crippen LogP contribution in [0.2, 0.25) is 0 Å². The molecule has 6 unspecified atom stereocenters. The first kappa shape index (κ1) is 14.8. The number of nitrogens with one attached hydrogen (secondary N) is 2. The van der Waals surface area contributed by atoms with Gasteiger partial charge in [0.1, 0.15) is 0 Å². The molecule has 4 fully saturated rings. The Morgan fingerprint density at radius 3 is 2.73 bits per heavy atom. The molecule has 6 atom stereocenters. The Bertz CT molecular complexity index is 425. The normalized spacial score (nSPS) is 43.0. The second kappa shape index (κ2) is 6.38. The van der Waals surface area contributed by atoms with E-state index in [0.29, 0.717) is 18.2 Å². The Morgan fingerprint density at radius 2 is 2.09 bits per heavy atom. The third-order valence-electron chi connectivity index (χ3n) is 6.43. The van der Waals surface area contributed by atoms with Gasteiger partial charge in [0.25, 0.3) is 0 Å². The lowest BCUT2D eigenvalue weighted by Gasteiger charge is -2.23. The summed E-state index contributed by atoms with van der Waals surface area (Å²) in [6.45, 7) is 4.05. The van der Waals surface area contributed by atoms with Gasteiger partial charge in [0.15, 0.2) is 5.96 Å². The monoisotopic (exact) mass is 305 g/mol. The Kier molecular flexibility index (Phi) is 4.29. The fraction of sp³-hybridized carbons (Fsp3) is 0.944. The van der Waals surface area contributed by atoms with Crippen molar-refractivity contribution in [1.29, 1.82) is 0 Å². The van der Waals surface area contributed by atoms with Gasteiger partial charge >= 0.3 is 0 Å². The number of rotatable bonds is 5. The SMILES string of the molecule is CCNC(=NCCC1CC2CCC1C2)NC1CC2CCC1O2. The molecule has 4 aliphatic rings. The number of hydrogen-bond donors (Lipinski definition) is 2. The molecule has 2 saturated carbocycles. The quantitative estimate of drug-likeness (QED) is 0.606. The zero-order chi connectivity index (χ0) is 14.9. The molecule has 4 heteroatoms. The minimum Gasteiger partial charge on any atom is -0.373 e. The molecular formula is C18H31N3O. The smallest absolute Gasteiger partial charge is 0.191 e. The van der Waals surface area contributed by atoms with Gasteiger partial charge in [0.05, 0.1) is 18.2 Å². The van der Waals surface area contributed by atoms with Crippen molar-refractivity contribution in [1.82, 2.24) is 10.6 Å². The lowest BCUT2D eigenvalue weighted by Crippen LogP contribution is -2.47. The number of ether oxygens (including phenoxy) is 1. The van der Waals surface area contributed by atoms with E-state index < -0.39 is 0 Å². The van der Waals surface area contributed by atoms with Crippen LogP contribution in [0.3, 0.4) is 0 Å². The summed E-state index contributed by atoms with van der Waals surface area (Å²) in [4.78, 5) is 4.85. The van der Waals surface area contributed by atoms with E-state index in [1.54, 1.807) is 0 Å². The third kappa shape index (κ3) is 2.99. The van der Waals surface area contributed by atoms with Gasteiger partial charge in [-0.25, -0.2) is 0 Å². The van der Waals surface area contributed by atoms with Crippen LogP contribution in [0.5, 0.6) is 0 Å². The van der Waals surface area contributed by atoms with Crippen LogP contribution in [-0.2, 0) is 4.74 Å². The molecule has 2 N–H and O–H groups in total. The summed E-state index contributed by atoms with van der Waals surface area (Å²) in [5, 5.41) is 7.03. The molecule has 0 aromatic heterocycles. The largest absolute Gasteiger partial charge is 0.373 e. The van der Waals surface area contributed by atoms with Crippen LogP contribution in [0.4, 0.5) is 0 Å². The molecule has 4 nitrogen and oxygen atoms in total. The minimum absolute atomic E-state index is 0.416. The van der Waals surface area contributed by atoms with Gasteiger partial charge in [0.2, 0.25) is 0 Å². The maximum atomic E-state index is 5.94. The Hall–Kier alpha value is -0.770. The first-order chi connectivity index (χ1) is 10.8. The van der Waals surface area contributed by atoms with Crippen LogP contribution in [0.25, 0.3) is 0 Å². The predicted octanol–water partition coefficient (Wildman–Crippen LogP) is 2.69. The molecule has 124 valence electrons. The summed E-state index contributed by atoms with van der Waals surface area (Å²) < 4.78 is 5.94. The molecule has 2 heterocycles. The van der Waals surface area contributed by atoms with Crippen LogP contribution >= 0.6 is 0 Å². The summed E-state index contributed by atoms with van der Waals surface area (Å²) in [6, 6.07) is 0.471. The van der Waals surface area contributed by atoms with Crippen LogP contribution in [-0.4, -0.2) is 37.3 Å². The van der Waals surface area contributed by atoms with Crippen LogP contribution in [0.1, 0.15) is 58.3 Å². The highest BCUT2D eigenvalue weighted by Gasteiger charge is 2.41. The highest BCUT2D eigenvalue weighted by atomic mass is 16.5. The molecule has 22 heavy (non-hydrogen) atoms. The first-order valence-electron chi connectivity index (χ1n) is 9.52. The number of guanidine groups is 1. The molecule has 0 radical (unpaired) electrons. The van der Waals surface area contributed by atoms with Gasteiger partial charge in [-0.1, -0.05) is 6.42 Å². The number of nitrogens with zero attached hydrogens (tertiary/aromatic N) is 1. The van der Waals surface area contributed by atoms with Gasteiger partial charge < -0.3 is 15.4 Å². The molecule has 4 rings (SSSR count). The topological polar surface area (TPSA) is 45.7 Å². The zero-order valence-corrected chi connectivity index (χ0v) is 13.9. The molecule has 0 aromatic carbocycles. The maximum Gasteiger partial charge on any atom is 0.191 e. The number of aliphatic imine (C=N–C) groups is 1. The highest BCUT2D eigenvalue weighted by molar-refractivity contribution is 5.80. The van der Waals surface area contributed by atoms with Gasteiger partial charge in [0, 0.05) is 13.1 Å². The van der Waals surface area contributed by atoms with Gasteiger partial charge in [-0.15, -0.1) is 0 Å². The fourth-order valence-corrected chi connectivity index (χ4v) is 5.36. The van der Waals surface area contributed by atoms with Gasteiger partial charge in [-0.2, -0.15) is 0 Å². The molecule has 0 spiro atoms. The van der Waals surface area contributed by atoms with Crippen molar-refractivity contribution >= 4 is 5.96 Å². The summed E-state index contributed by atoms with van der Waals surface area (Å²) >= 11 is 0. The molecule has 2 aliphatic carbocycles. The standard InChI is InChI=1S/C18H31N3O/c1-2-19-18(21-16-11-15-5-6-17(16)22-15)20-8-7-14-10-12-3-4-13(14)9-12/h12-17H,2-11H2,1H3,(H2,19,20,21). The zero-order valence-electron chi connectivity index (χ0n) is 13.9. The van der Waals surface area contributed by atoms with E-state index in [1.807, 2.05) is 0 Å². The molecule has 2 aliphatic heterocycles. The van der Waals surface area contributed by atoms with E-state index in [1.165, 1.54) is 44.9 Å². The van der Waals surface area contributed by atoms with Crippen molar-refractivity contribution in [2.75, 3.05) is 13.1 Å². The van der Waals surface area contributed by atoms with Gasteiger partial charge in [-0.05, 0) is 69.6 Å². The molecule has 2 saturated heterocycles. The van der Waals surface area contributed by atoms with E-state index >= 15 is 0 Å². The lowest BCUT2D eigenvalue weighted by molar-refractivity contribution is 0.0992. The Labute approximate surface area is 134 Å². The predicted molar refractivity (Wildman–Crippen MR) is 89.0 cm³/mol. The van der Waals surface area contributed by atoms with Crippen molar-refractivity contribution in [2.45, 2.75) is 76.5 Å². The van der Waals surface area contributed by atoms with Crippen molar-refractivity contribution in [3.05, 3.63) is 0 Å². The van der Waals surface area contributed by atoms with E-state index in [9.17, 15) is 0 Å². The van der Waals surface area contributed by atoms with Crippen LogP contribution < -0.4 is 10.6 Å². The summed E-state index contributed by atoms with van der Waals surface area (Å²) in [6.07, 6.45) is 11.8. The average Bonchev–Trinajstić information content (AvgIpc) is 3.28. The van der Waals surface area contributed by atoms with E-state index in [4.69, 9.17) is 9.73 Å². The molecule has 0 amide bonds. The Morgan fingerprint density at radius 1 is 1.14 bits per heavy atom. The van der Waals surface area contributed by atoms with Crippen molar-refractivity contribution in [3.63, 3.8) is 0 Å². The Balaban J connectivity index is 1.27. The van der Waals surface area contributed by atoms with Gasteiger partial charge in [-0.3, -0.25) is 4.99 Å². The summed E-state index contributed by atoms with van der Waals surface area (Å²) in [5.41, 5.74) is 0. The highest BCUT2D eigenvalue weighted by Crippen LogP contribution is 2.49. The van der Waals surface area contributed by atoms with Crippen molar-refractivity contribution in [3.8, 4) is 0 Å². The minimum atomic E-state index is 0.416. The number of fused-ring (bicyclic) bond motifs is 4. The molecule has 4 bridgehead atoms. The van der Waals surface area contributed by atoms with E-state index in [-0.39, 0.29) is 0 Å². The van der Waals surface area contributed by atoms with Crippen LogP contribution in [0, 0.1) is 17.8 Å². The van der Waals surface area contributed by atoms with E-state index in [2.05, 4.69) is 17.6 Å². The first-order valence-corrected chi connectivity index (χ1v) is 9.52. The molecular weight excluding hydrogens is 274 g/mol. The van der Waals surface area contributed by atoms with Crippen molar-refractivity contribution < 1.29 is 4.74 Å². The fourth-order valence-electron chi connectivity index (χ4n) is 5.36.